The van der Waals surface area contributed by atoms with Crippen molar-refractivity contribution in [2.75, 3.05) is 13.7 Å². The van der Waals surface area contributed by atoms with E-state index in [0.29, 0.717) is 5.75 Å². The summed E-state index contributed by atoms with van der Waals surface area (Å²) in [6, 6.07) is 16.9. The van der Waals surface area contributed by atoms with Crippen LogP contribution in [-0.2, 0) is 16.0 Å². The first-order valence-corrected chi connectivity index (χ1v) is 9.11. The van der Waals surface area contributed by atoms with Crippen LogP contribution in [0.2, 0.25) is 0 Å². The van der Waals surface area contributed by atoms with Gasteiger partial charge >= 0.3 is 5.97 Å². The maximum Gasteiger partial charge on any atom is 0.308 e. The molecule has 2 aromatic rings. The summed E-state index contributed by atoms with van der Waals surface area (Å²) >= 11 is 0. The Morgan fingerprint density at radius 2 is 1.67 bits per heavy atom. The summed E-state index contributed by atoms with van der Waals surface area (Å²) in [6.07, 6.45) is 0.289. The summed E-state index contributed by atoms with van der Waals surface area (Å²) in [5.74, 6) is -1.38. The van der Waals surface area contributed by atoms with Gasteiger partial charge in [-0.05, 0) is 29.5 Å². The van der Waals surface area contributed by atoms with E-state index in [1.54, 1.807) is 13.2 Å². The van der Waals surface area contributed by atoms with Gasteiger partial charge in [0.2, 0.25) is 5.91 Å². The summed E-state index contributed by atoms with van der Waals surface area (Å²) in [6.45, 7) is 4.05. The molecule has 27 heavy (non-hydrogen) atoms. The Balaban J connectivity index is 2.08. The highest BCUT2D eigenvalue weighted by molar-refractivity contribution is 5.84. The van der Waals surface area contributed by atoms with Crippen LogP contribution in [0, 0.1) is 11.8 Å². The predicted molar refractivity (Wildman–Crippen MR) is 105 cm³/mol. The third-order valence-corrected chi connectivity index (χ3v) is 4.64. The molecule has 0 saturated carbocycles. The Labute approximate surface area is 160 Å². The lowest BCUT2D eigenvalue weighted by atomic mass is 9.87. The van der Waals surface area contributed by atoms with Crippen molar-refractivity contribution in [1.82, 2.24) is 5.32 Å². The fraction of sp³-hybridized carbons (Fsp3) is 0.364. The molecule has 0 bridgehead atoms. The van der Waals surface area contributed by atoms with Crippen molar-refractivity contribution in [2.24, 2.45) is 11.8 Å². The van der Waals surface area contributed by atoms with Gasteiger partial charge in [0.25, 0.3) is 0 Å². The van der Waals surface area contributed by atoms with Gasteiger partial charge in [0, 0.05) is 6.54 Å². The number of nitrogens with one attached hydrogen (secondary N) is 1. The van der Waals surface area contributed by atoms with E-state index in [0.717, 1.165) is 11.1 Å². The molecule has 144 valence electrons. The normalized spacial score (nSPS) is 13.0. The highest BCUT2D eigenvalue weighted by atomic mass is 16.5. The van der Waals surface area contributed by atoms with Gasteiger partial charge < -0.3 is 15.2 Å². The zero-order valence-electron chi connectivity index (χ0n) is 16.0. The van der Waals surface area contributed by atoms with E-state index in [4.69, 9.17) is 4.74 Å². The van der Waals surface area contributed by atoms with E-state index in [-0.39, 0.29) is 30.7 Å². The molecule has 0 saturated heterocycles. The number of carbonyl (C=O) groups is 2. The molecule has 2 aromatic carbocycles. The Kier molecular flexibility index (Phi) is 7.41. The summed E-state index contributed by atoms with van der Waals surface area (Å²) < 4.78 is 5.30. The first-order valence-electron chi connectivity index (χ1n) is 9.11. The second kappa shape index (κ2) is 9.76. The van der Waals surface area contributed by atoms with Crippen molar-refractivity contribution >= 4 is 11.9 Å². The van der Waals surface area contributed by atoms with E-state index in [1.165, 1.54) is 0 Å². The number of ether oxygens (including phenoxy) is 1. The van der Waals surface area contributed by atoms with E-state index >= 15 is 0 Å². The quantitative estimate of drug-likeness (QED) is 0.709. The maximum absolute atomic E-state index is 12.8. The Hall–Kier alpha value is -2.82. The average Bonchev–Trinajstić information content (AvgIpc) is 2.65. The summed E-state index contributed by atoms with van der Waals surface area (Å²) in [5.41, 5.74) is 1.74. The number of carbonyl (C=O) groups excluding carboxylic acids is 1. The van der Waals surface area contributed by atoms with E-state index in [2.05, 4.69) is 5.32 Å². The van der Waals surface area contributed by atoms with Crippen LogP contribution in [0.3, 0.4) is 0 Å². The predicted octanol–water partition coefficient (Wildman–Crippen LogP) is 3.49. The molecule has 2 rings (SSSR count). The molecule has 0 aliphatic carbocycles. The topological polar surface area (TPSA) is 75.6 Å². The highest BCUT2D eigenvalue weighted by Crippen LogP contribution is 2.25. The van der Waals surface area contributed by atoms with Crippen LogP contribution in [-0.4, -0.2) is 30.6 Å². The van der Waals surface area contributed by atoms with Gasteiger partial charge in [-0.15, -0.1) is 0 Å². The number of carboxylic acid groups (broad SMARTS) is 1. The molecule has 2 unspecified atom stereocenters. The molecule has 0 spiro atoms. The first-order chi connectivity index (χ1) is 12.9. The molecular formula is C22H27NO4. The largest absolute Gasteiger partial charge is 0.496 e. The van der Waals surface area contributed by atoms with Crippen LogP contribution in [0.15, 0.2) is 54.6 Å². The SMILES string of the molecule is COc1ccccc1CC(CNC(=O)C(c1ccccc1)C(C)C)C(=O)O. The molecule has 0 radical (unpaired) electrons. The molecule has 2 N–H and O–H groups in total. The van der Waals surface area contributed by atoms with Crippen LogP contribution >= 0.6 is 0 Å². The maximum atomic E-state index is 12.8. The van der Waals surface area contributed by atoms with E-state index < -0.39 is 11.9 Å². The number of hydrogen-bond acceptors (Lipinski definition) is 3. The molecule has 5 heteroatoms. The van der Waals surface area contributed by atoms with Gasteiger partial charge in [-0.25, -0.2) is 0 Å². The van der Waals surface area contributed by atoms with Crippen molar-refractivity contribution in [3.63, 3.8) is 0 Å². The third-order valence-electron chi connectivity index (χ3n) is 4.64. The third kappa shape index (κ3) is 5.58. The zero-order chi connectivity index (χ0) is 19.8. The molecule has 0 aliphatic heterocycles. The number of methoxy groups -OCH3 is 1. The van der Waals surface area contributed by atoms with Gasteiger partial charge in [0.15, 0.2) is 0 Å². The van der Waals surface area contributed by atoms with Crippen molar-refractivity contribution < 1.29 is 19.4 Å². The number of amides is 1. The first kappa shape index (κ1) is 20.5. The Morgan fingerprint density at radius 1 is 1.04 bits per heavy atom. The van der Waals surface area contributed by atoms with Crippen LogP contribution < -0.4 is 10.1 Å². The number of aliphatic carboxylic acids is 1. The standard InChI is InChI=1S/C22H27NO4/c1-15(2)20(16-9-5-4-6-10-16)21(24)23-14-18(22(25)26)13-17-11-7-8-12-19(17)27-3/h4-12,15,18,20H,13-14H2,1-3H3,(H,23,24)(H,25,26). The molecule has 0 fully saturated rings. The summed E-state index contributed by atoms with van der Waals surface area (Å²) in [7, 11) is 1.56. The lowest BCUT2D eigenvalue weighted by molar-refractivity contribution is -0.141. The number of benzene rings is 2. The molecular weight excluding hydrogens is 342 g/mol. The Bertz CT molecular complexity index is 758. The fourth-order valence-corrected chi connectivity index (χ4v) is 3.22. The van der Waals surface area contributed by atoms with Crippen LogP contribution in [0.5, 0.6) is 5.75 Å². The molecule has 1 amide bonds. The molecule has 5 nitrogen and oxygen atoms in total. The summed E-state index contributed by atoms with van der Waals surface area (Å²) in [4.78, 5) is 24.5. The second-order valence-corrected chi connectivity index (χ2v) is 6.93. The van der Waals surface area contributed by atoms with Crippen molar-refractivity contribution in [1.29, 1.82) is 0 Å². The van der Waals surface area contributed by atoms with Crippen molar-refractivity contribution in [3.05, 3.63) is 65.7 Å². The van der Waals surface area contributed by atoms with E-state index in [1.807, 2.05) is 62.4 Å². The van der Waals surface area contributed by atoms with Gasteiger partial charge in [0.05, 0.1) is 18.9 Å². The number of para-hydroxylation sites is 1. The monoisotopic (exact) mass is 369 g/mol. The van der Waals surface area contributed by atoms with Crippen molar-refractivity contribution in [2.45, 2.75) is 26.2 Å². The minimum absolute atomic E-state index is 0.0717. The molecule has 2 atom stereocenters. The average molecular weight is 369 g/mol. The smallest absolute Gasteiger partial charge is 0.308 e. The molecule has 0 aromatic heterocycles. The lowest BCUT2D eigenvalue weighted by Gasteiger charge is -2.22. The molecule has 0 heterocycles. The lowest BCUT2D eigenvalue weighted by Crippen LogP contribution is -2.38. The van der Waals surface area contributed by atoms with Crippen LogP contribution in [0.25, 0.3) is 0 Å². The number of rotatable bonds is 9. The van der Waals surface area contributed by atoms with Crippen LogP contribution in [0.4, 0.5) is 0 Å². The van der Waals surface area contributed by atoms with Crippen molar-refractivity contribution in [3.8, 4) is 5.75 Å². The number of carboxylic acids is 1. The number of hydrogen-bond donors (Lipinski definition) is 2. The minimum atomic E-state index is -0.943. The van der Waals surface area contributed by atoms with Gasteiger partial charge in [-0.2, -0.15) is 0 Å². The van der Waals surface area contributed by atoms with Gasteiger partial charge in [-0.1, -0.05) is 62.4 Å². The van der Waals surface area contributed by atoms with Gasteiger partial charge in [0.1, 0.15) is 5.75 Å². The highest BCUT2D eigenvalue weighted by Gasteiger charge is 2.26. The second-order valence-electron chi connectivity index (χ2n) is 6.93. The van der Waals surface area contributed by atoms with Gasteiger partial charge in [-0.3, -0.25) is 9.59 Å². The Morgan fingerprint density at radius 3 is 2.26 bits per heavy atom. The zero-order valence-corrected chi connectivity index (χ0v) is 16.0. The van der Waals surface area contributed by atoms with Crippen LogP contribution in [0.1, 0.15) is 30.9 Å². The van der Waals surface area contributed by atoms with E-state index in [9.17, 15) is 14.7 Å². The molecule has 0 aliphatic rings. The minimum Gasteiger partial charge on any atom is -0.496 e. The fourth-order valence-electron chi connectivity index (χ4n) is 3.22. The summed E-state index contributed by atoms with van der Waals surface area (Å²) in [5, 5.41) is 12.4.